The number of hydrogen-bond donors (Lipinski definition) is 3. The highest BCUT2D eigenvalue weighted by molar-refractivity contribution is 6.76. The van der Waals surface area contributed by atoms with E-state index in [1.807, 2.05) is 24.3 Å². The molecule has 0 atom stereocenters. The summed E-state index contributed by atoms with van der Waals surface area (Å²) in [7, 11) is -1.12. The van der Waals surface area contributed by atoms with Gasteiger partial charge in [-0.1, -0.05) is 19.6 Å². The number of nitrogens with zero attached hydrogens (tertiary/aromatic N) is 2. The Bertz CT molecular complexity index is 1060. The van der Waals surface area contributed by atoms with E-state index in [2.05, 4.69) is 34.9 Å². The van der Waals surface area contributed by atoms with Crippen molar-refractivity contribution in [3.8, 4) is 11.5 Å². The molecule has 9 heteroatoms. The summed E-state index contributed by atoms with van der Waals surface area (Å²) in [4.78, 5) is 19.0. The number of allylic oxidation sites excluding steroid dienone is 1. The van der Waals surface area contributed by atoms with Crippen LogP contribution in [0.4, 0.5) is 11.4 Å². The van der Waals surface area contributed by atoms with E-state index < -0.39 is 8.07 Å². The van der Waals surface area contributed by atoms with Crippen molar-refractivity contribution in [2.45, 2.75) is 38.5 Å². The summed E-state index contributed by atoms with van der Waals surface area (Å²) >= 11 is 0. The van der Waals surface area contributed by atoms with Crippen LogP contribution in [0.25, 0.3) is 0 Å². The van der Waals surface area contributed by atoms with E-state index in [-0.39, 0.29) is 5.91 Å². The molecule has 0 unspecified atom stereocenters. The predicted octanol–water partition coefficient (Wildman–Crippen LogP) is 4.67. The first-order valence-corrected chi connectivity index (χ1v) is 16.1. The van der Waals surface area contributed by atoms with Crippen LogP contribution < -0.4 is 21.5 Å². The fraction of sp³-hybridized carbons (Fsp3) is 0.407. The Balaban J connectivity index is 1.56. The number of likely N-dealkylation sites (tertiary alicyclic amines) is 1. The molecule has 1 heterocycles. The van der Waals surface area contributed by atoms with Crippen LogP contribution in [0.15, 0.2) is 59.7 Å². The van der Waals surface area contributed by atoms with Crippen LogP contribution in [-0.4, -0.2) is 57.6 Å². The number of ether oxygens (including phenoxy) is 2. The molecule has 0 aliphatic carbocycles. The van der Waals surface area contributed by atoms with Crippen LogP contribution in [0.2, 0.25) is 25.7 Å². The predicted molar refractivity (Wildman–Crippen MR) is 151 cm³/mol. The maximum atomic E-state index is 12.3. The van der Waals surface area contributed by atoms with Gasteiger partial charge in [-0.25, -0.2) is 0 Å². The highest BCUT2D eigenvalue weighted by atomic mass is 28.3. The zero-order valence-electron chi connectivity index (χ0n) is 21.6. The number of nitrogens with one attached hydrogen (secondary N) is 1. The third-order valence-electron chi connectivity index (χ3n) is 5.83. The van der Waals surface area contributed by atoms with Gasteiger partial charge < -0.3 is 26.3 Å². The van der Waals surface area contributed by atoms with E-state index in [0.29, 0.717) is 36.1 Å². The maximum absolute atomic E-state index is 12.3. The molecule has 36 heavy (non-hydrogen) atoms. The Morgan fingerprint density at radius 3 is 2.44 bits per heavy atom. The molecule has 8 nitrogen and oxygen atoms in total. The number of anilines is 2. The average Bonchev–Trinajstić information content (AvgIpc) is 3.33. The van der Waals surface area contributed by atoms with Gasteiger partial charge in [-0.3, -0.25) is 14.7 Å². The lowest BCUT2D eigenvalue weighted by molar-refractivity contribution is -0.117. The second-order valence-electron chi connectivity index (χ2n) is 10.2. The summed E-state index contributed by atoms with van der Waals surface area (Å²) in [5.41, 5.74) is 14.5. The third-order valence-corrected chi connectivity index (χ3v) is 7.53. The number of aliphatic imine (C=N–C) groups is 1. The van der Waals surface area contributed by atoms with E-state index in [9.17, 15) is 4.79 Å². The molecule has 1 aliphatic heterocycles. The summed E-state index contributed by atoms with van der Waals surface area (Å²) in [5.74, 6) is 1.19. The topological polar surface area (TPSA) is 115 Å². The number of benzene rings is 2. The number of amides is 1. The number of rotatable bonds is 12. The van der Waals surface area contributed by atoms with Crippen molar-refractivity contribution in [1.82, 2.24) is 4.90 Å². The molecule has 1 amide bonds. The molecule has 2 aromatic carbocycles. The van der Waals surface area contributed by atoms with Crippen LogP contribution in [0.5, 0.6) is 11.5 Å². The van der Waals surface area contributed by atoms with Crippen molar-refractivity contribution in [3.63, 3.8) is 0 Å². The smallest absolute Gasteiger partial charge is 0.238 e. The molecule has 2 aromatic rings. The second kappa shape index (κ2) is 13.2. The molecule has 194 valence electrons. The van der Waals surface area contributed by atoms with Gasteiger partial charge in [0.05, 0.1) is 23.6 Å². The van der Waals surface area contributed by atoms with Crippen LogP contribution in [-0.2, 0) is 9.53 Å². The first-order valence-electron chi connectivity index (χ1n) is 12.4. The molecule has 3 rings (SSSR count). The largest absolute Gasteiger partial charge is 0.457 e. The molecular formula is C27H39N5O3Si. The Morgan fingerprint density at radius 2 is 1.81 bits per heavy atom. The first-order chi connectivity index (χ1) is 17.2. The van der Waals surface area contributed by atoms with Crippen LogP contribution in [0.3, 0.4) is 0 Å². The van der Waals surface area contributed by atoms with Gasteiger partial charge in [0.25, 0.3) is 0 Å². The quantitative estimate of drug-likeness (QED) is 0.166. The van der Waals surface area contributed by atoms with Gasteiger partial charge in [-0.15, -0.1) is 0 Å². The lowest BCUT2D eigenvalue weighted by atomic mass is 10.1. The zero-order chi connectivity index (χ0) is 26.0. The van der Waals surface area contributed by atoms with Gasteiger partial charge in [0.15, 0.2) is 0 Å². The fourth-order valence-electron chi connectivity index (χ4n) is 3.77. The number of carbonyl (C=O) groups is 1. The van der Waals surface area contributed by atoms with Gasteiger partial charge in [0.1, 0.15) is 18.2 Å². The maximum Gasteiger partial charge on any atom is 0.238 e. The Labute approximate surface area is 215 Å². The highest BCUT2D eigenvalue weighted by Crippen LogP contribution is 2.28. The second-order valence-corrected chi connectivity index (χ2v) is 15.8. The molecule has 1 saturated heterocycles. The van der Waals surface area contributed by atoms with Gasteiger partial charge in [0, 0.05) is 26.3 Å². The normalized spacial score (nSPS) is 14.9. The number of nitrogen functional groups attached to an aromatic ring is 1. The van der Waals surface area contributed by atoms with Crippen LogP contribution in [0.1, 0.15) is 18.4 Å². The summed E-state index contributed by atoms with van der Waals surface area (Å²) in [6, 6.07) is 13.9. The van der Waals surface area contributed by atoms with E-state index in [0.717, 1.165) is 49.9 Å². The minimum Gasteiger partial charge on any atom is -0.457 e. The molecule has 0 aromatic heterocycles. The van der Waals surface area contributed by atoms with Crippen LogP contribution in [0, 0.1) is 0 Å². The number of carbonyl (C=O) groups excluding carboxylic acids is 1. The van der Waals surface area contributed by atoms with E-state index >= 15 is 0 Å². The van der Waals surface area contributed by atoms with Crippen molar-refractivity contribution in [2.24, 2.45) is 10.7 Å². The minimum atomic E-state index is -1.12. The van der Waals surface area contributed by atoms with E-state index in [1.54, 1.807) is 24.3 Å². The molecule has 0 radical (unpaired) electrons. The van der Waals surface area contributed by atoms with Crippen molar-refractivity contribution in [1.29, 1.82) is 0 Å². The lowest BCUT2D eigenvalue weighted by Gasteiger charge is -2.15. The molecule has 0 saturated carbocycles. The first kappa shape index (κ1) is 27.4. The summed E-state index contributed by atoms with van der Waals surface area (Å²) in [6.07, 6.45) is 5.52. The summed E-state index contributed by atoms with van der Waals surface area (Å²) < 4.78 is 11.7. The molecule has 0 bridgehead atoms. The zero-order valence-corrected chi connectivity index (χ0v) is 22.6. The number of nitrogens with two attached hydrogens (primary N) is 2. The third kappa shape index (κ3) is 9.14. The van der Waals surface area contributed by atoms with E-state index in [4.69, 9.17) is 20.9 Å². The minimum absolute atomic E-state index is 0.0571. The Morgan fingerprint density at radius 1 is 1.11 bits per heavy atom. The average molecular weight is 510 g/mol. The number of hydrogen-bond acceptors (Lipinski definition) is 7. The van der Waals surface area contributed by atoms with Gasteiger partial charge in [0.2, 0.25) is 5.91 Å². The summed E-state index contributed by atoms with van der Waals surface area (Å²) in [5, 5.41) is 2.89. The van der Waals surface area contributed by atoms with E-state index in [1.165, 1.54) is 6.20 Å². The standard InChI is InChI=1S/C27H39N5O3Si/c1-36(2,3)17-16-34-20-30-25(12-13-28)21-6-8-22(9-7-21)35-23-10-11-26(24(29)18-23)31-27(33)19-32-14-4-5-15-32/h6-13,18H,4-5,14-17,19-20,28-29H2,1-3H3,(H,31,33)/b13-12-,30-25-. The molecule has 5 N–H and O–H groups in total. The lowest BCUT2D eigenvalue weighted by Crippen LogP contribution is -2.31. The summed E-state index contributed by atoms with van der Waals surface area (Å²) in [6.45, 7) is 10.3. The SMILES string of the molecule is C[Si](C)(C)CCOC/N=C(/C=C\N)c1ccc(Oc2ccc(NC(=O)CN3CCCC3)c(N)c2)cc1. The highest BCUT2D eigenvalue weighted by Gasteiger charge is 2.16. The molecule has 1 aliphatic rings. The Kier molecular flexibility index (Phi) is 10.1. The van der Waals surface area contributed by atoms with Gasteiger partial charge in [-0.2, -0.15) is 0 Å². The van der Waals surface area contributed by atoms with Crippen molar-refractivity contribution in [3.05, 3.63) is 60.3 Å². The molecule has 0 spiro atoms. The molecular weight excluding hydrogens is 470 g/mol. The fourth-order valence-corrected chi connectivity index (χ4v) is 4.53. The monoisotopic (exact) mass is 509 g/mol. The van der Waals surface area contributed by atoms with Gasteiger partial charge >= 0.3 is 0 Å². The van der Waals surface area contributed by atoms with Gasteiger partial charge in [-0.05, 0) is 80.6 Å². The van der Waals surface area contributed by atoms with Crippen LogP contribution >= 0.6 is 0 Å². The Hall–Kier alpha value is -3.14. The van der Waals surface area contributed by atoms with Crippen molar-refractivity contribution in [2.75, 3.05) is 44.0 Å². The van der Waals surface area contributed by atoms with Crippen molar-refractivity contribution >= 4 is 31.1 Å². The van der Waals surface area contributed by atoms with Crippen molar-refractivity contribution < 1.29 is 14.3 Å². The molecule has 1 fully saturated rings.